The highest BCUT2D eigenvalue weighted by atomic mass is 19.4. The van der Waals surface area contributed by atoms with Crippen molar-refractivity contribution in [1.29, 1.82) is 0 Å². The fraction of sp³-hybridized carbons (Fsp3) is 0.571. The summed E-state index contributed by atoms with van der Waals surface area (Å²) in [7, 11) is 0. The minimum absolute atomic E-state index is 0.00259. The molecular weight excluding hydrogens is 283 g/mol. The van der Waals surface area contributed by atoms with Crippen LogP contribution in [0.4, 0.5) is 19.0 Å². The zero-order valence-corrected chi connectivity index (χ0v) is 12.2. The zero-order valence-electron chi connectivity index (χ0n) is 12.2. The Bertz CT molecular complexity index is 515. The fourth-order valence-corrected chi connectivity index (χ4v) is 2.61. The topological polar surface area (TPSA) is 36.4 Å². The molecule has 4 nitrogen and oxygen atoms in total. The maximum atomic E-state index is 12.5. The van der Waals surface area contributed by atoms with Gasteiger partial charge in [-0.05, 0) is 26.0 Å². The van der Waals surface area contributed by atoms with Gasteiger partial charge in [-0.15, -0.1) is 0 Å². The van der Waals surface area contributed by atoms with Crippen LogP contribution in [-0.2, 0) is 11.0 Å². The summed E-state index contributed by atoms with van der Waals surface area (Å²) >= 11 is 0. The number of rotatable bonds is 1. The maximum absolute atomic E-state index is 12.5. The third-order valence-corrected chi connectivity index (χ3v) is 3.76. The molecule has 2 atom stereocenters. The molecule has 2 heterocycles. The molecule has 1 aromatic rings. The molecule has 0 radical (unpaired) electrons. The number of amides is 1. The summed E-state index contributed by atoms with van der Waals surface area (Å²) in [6.07, 6.45) is -3.53. The Balaban J connectivity index is 2.17. The minimum atomic E-state index is -4.38. The number of carbonyl (C=O) groups is 1. The summed E-state index contributed by atoms with van der Waals surface area (Å²) < 4.78 is 37.6. The average Bonchev–Trinajstić information content (AvgIpc) is 2.40. The minimum Gasteiger partial charge on any atom is -0.350 e. The van der Waals surface area contributed by atoms with Gasteiger partial charge in [0.1, 0.15) is 5.82 Å². The Kier molecular flexibility index (Phi) is 4.11. The maximum Gasteiger partial charge on any atom is 0.417 e. The smallest absolute Gasteiger partial charge is 0.350 e. The first-order valence-corrected chi connectivity index (χ1v) is 6.77. The van der Waals surface area contributed by atoms with E-state index in [-0.39, 0.29) is 18.0 Å². The van der Waals surface area contributed by atoms with Gasteiger partial charge in [-0.1, -0.05) is 0 Å². The van der Waals surface area contributed by atoms with E-state index in [0.717, 1.165) is 12.3 Å². The predicted molar refractivity (Wildman–Crippen MR) is 72.9 cm³/mol. The molecule has 0 bridgehead atoms. The van der Waals surface area contributed by atoms with Crippen LogP contribution in [0.1, 0.15) is 26.3 Å². The van der Waals surface area contributed by atoms with Crippen LogP contribution < -0.4 is 4.90 Å². The number of halogens is 3. The summed E-state index contributed by atoms with van der Waals surface area (Å²) in [4.78, 5) is 19.1. The molecule has 0 aromatic carbocycles. The standard InChI is InChI=1S/C14H18F3N3O/c1-9-8-20(10(2)7-19(9)11(3)21)13-5-4-12(6-18-13)14(15,16)17/h4-6,9-10H,7-8H2,1-3H3/t9-,10+/m1/s1. The Morgan fingerprint density at radius 3 is 2.38 bits per heavy atom. The lowest BCUT2D eigenvalue weighted by Crippen LogP contribution is -2.58. The third-order valence-electron chi connectivity index (χ3n) is 3.76. The Morgan fingerprint density at radius 1 is 1.24 bits per heavy atom. The summed E-state index contributed by atoms with van der Waals surface area (Å²) in [5.74, 6) is 0.514. The van der Waals surface area contributed by atoms with Gasteiger partial charge in [0.25, 0.3) is 0 Å². The molecule has 0 spiro atoms. The molecule has 2 rings (SSSR count). The Labute approximate surface area is 121 Å². The van der Waals surface area contributed by atoms with Crippen LogP contribution in [0.15, 0.2) is 18.3 Å². The largest absolute Gasteiger partial charge is 0.417 e. The van der Waals surface area contributed by atoms with Crippen molar-refractivity contribution in [1.82, 2.24) is 9.88 Å². The number of pyridine rings is 1. The number of anilines is 1. The first kappa shape index (κ1) is 15.6. The monoisotopic (exact) mass is 301 g/mol. The van der Waals surface area contributed by atoms with Gasteiger partial charge in [0.2, 0.25) is 5.91 Å². The zero-order chi connectivity index (χ0) is 15.8. The van der Waals surface area contributed by atoms with Crippen LogP contribution in [0.5, 0.6) is 0 Å². The predicted octanol–water partition coefficient (Wildman–Crippen LogP) is 2.55. The molecule has 1 fully saturated rings. The molecule has 1 aromatic heterocycles. The van der Waals surface area contributed by atoms with Gasteiger partial charge in [0.15, 0.2) is 0 Å². The molecule has 0 N–H and O–H groups in total. The van der Waals surface area contributed by atoms with Gasteiger partial charge in [-0.3, -0.25) is 4.79 Å². The van der Waals surface area contributed by atoms with E-state index in [1.165, 1.54) is 13.0 Å². The van der Waals surface area contributed by atoms with Gasteiger partial charge in [0, 0.05) is 38.3 Å². The summed E-state index contributed by atoms with van der Waals surface area (Å²) in [6.45, 7) is 6.47. The number of alkyl halides is 3. The molecule has 21 heavy (non-hydrogen) atoms. The molecule has 1 saturated heterocycles. The van der Waals surface area contributed by atoms with Crippen LogP contribution in [0, 0.1) is 0 Å². The number of carbonyl (C=O) groups excluding carboxylic acids is 1. The highest BCUT2D eigenvalue weighted by molar-refractivity contribution is 5.74. The first-order chi connectivity index (χ1) is 9.70. The van der Waals surface area contributed by atoms with E-state index in [2.05, 4.69) is 4.98 Å². The molecule has 1 aliphatic rings. The molecule has 0 aliphatic carbocycles. The average molecular weight is 301 g/mol. The van der Waals surface area contributed by atoms with E-state index in [1.807, 2.05) is 18.7 Å². The number of nitrogens with zero attached hydrogens (tertiary/aromatic N) is 3. The quantitative estimate of drug-likeness (QED) is 0.800. The Hall–Kier alpha value is -1.79. The number of hydrogen-bond donors (Lipinski definition) is 0. The van der Waals surface area contributed by atoms with Crippen molar-refractivity contribution >= 4 is 11.7 Å². The number of hydrogen-bond acceptors (Lipinski definition) is 3. The van der Waals surface area contributed by atoms with Gasteiger partial charge in [-0.25, -0.2) is 4.98 Å². The van der Waals surface area contributed by atoms with E-state index in [1.54, 1.807) is 4.90 Å². The van der Waals surface area contributed by atoms with E-state index >= 15 is 0 Å². The van der Waals surface area contributed by atoms with Crippen molar-refractivity contribution in [3.63, 3.8) is 0 Å². The molecule has 1 aliphatic heterocycles. The van der Waals surface area contributed by atoms with E-state index in [9.17, 15) is 18.0 Å². The SMILES string of the molecule is CC(=O)N1C[C@H](C)N(c2ccc(C(F)(F)F)cn2)C[C@H]1C. The molecule has 7 heteroatoms. The molecule has 116 valence electrons. The molecule has 0 unspecified atom stereocenters. The molecule has 1 amide bonds. The lowest BCUT2D eigenvalue weighted by molar-refractivity contribution is -0.138. The lowest BCUT2D eigenvalue weighted by Gasteiger charge is -2.44. The lowest BCUT2D eigenvalue weighted by atomic mass is 10.1. The van der Waals surface area contributed by atoms with Crippen LogP contribution in [0.3, 0.4) is 0 Å². The second-order valence-corrected chi connectivity index (χ2v) is 5.42. The van der Waals surface area contributed by atoms with Crippen LogP contribution in [-0.4, -0.2) is 41.0 Å². The van der Waals surface area contributed by atoms with E-state index < -0.39 is 11.7 Å². The molecule has 0 saturated carbocycles. The highest BCUT2D eigenvalue weighted by Crippen LogP contribution is 2.30. The molecular formula is C14H18F3N3O. The second kappa shape index (κ2) is 5.54. The van der Waals surface area contributed by atoms with Crippen molar-refractivity contribution in [2.75, 3.05) is 18.0 Å². The first-order valence-electron chi connectivity index (χ1n) is 6.77. The fourth-order valence-electron chi connectivity index (χ4n) is 2.61. The van der Waals surface area contributed by atoms with Crippen LogP contribution in [0.2, 0.25) is 0 Å². The second-order valence-electron chi connectivity index (χ2n) is 5.42. The van der Waals surface area contributed by atoms with Crippen molar-refractivity contribution in [2.24, 2.45) is 0 Å². The Morgan fingerprint density at radius 2 is 1.90 bits per heavy atom. The van der Waals surface area contributed by atoms with Crippen LogP contribution in [0.25, 0.3) is 0 Å². The van der Waals surface area contributed by atoms with Crippen molar-refractivity contribution in [2.45, 2.75) is 39.0 Å². The van der Waals surface area contributed by atoms with Gasteiger partial charge < -0.3 is 9.80 Å². The van der Waals surface area contributed by atoms with Crippen molar-refractivity contribution < 1.29 is 18.0 Å². The van der Waals surface area contributed by atoms with Gasteiger partial charge in [0.05, 0.1) is 5.56 Å². The number of piperazine rings is 1. The van der Waals surface area contributed by atoms with Gasteiger partial charge >= 0.3 is 6.18 Å². The summed E-state index contributed by atoms with van der Waals surface area (Å²) in [5, 5.41) is 0. The van der Waals surface area contributed by atoms with Crippen LogP contribution >= 0.6 is 0 Å². The number of aromatic nitrogens is 1. The summed E-state index contributed by atoms with van der Waals surface area (Å²) in [6, 6.07) is 2.43. The third kappa shape index (κ3) is 3.28. The van der Waals surface area contributed by atoms with Gasteiger partial charge in [-0.2, -0.15) is 13.2 Å². The van der Waals surface area contributed by atoms with E-state index in [4.69, 9.17) is 0 Å². The summed E-state index contributed by atoms with van der Waals surface area (Å²) in [5.41, 5.74) is -0.755. The van der Waals surface area contributed by atoms with Crippen molar-refractivity contribution in [3.05, 3.63) is 23.9 Å². The van der Waals surface area contributed by atoms with Crippen molar-refractivity contribution in [3.8, 4) is 0 Å². The van der Waals surface area contributed by atoms with E-state index in [0.29, 0.717) is 18.9 Å². The highest BCUT2D eigenvalue weighted by Gasteiger charge is 2.33. The normalized spacial score (nSPS) is 23.3.